The molecule has 1 amide bonds. The van der Waals surface area contributed by atoms with Crippen molar-refractivity contribution in [2.45, 2.75) is 56.1 Å². The zero-order chi connectivity index (χ0) is 29.1. The summed E-state index contributed by atoms with van der Waals surface area (Å²) in [5.41, 5.74) is 3.34. The number of aromatic carboxylic acids is 1. The molecule has 0 radical (unpaired) electrons. The molecule has 2 N–H and O–H groups in total. The van der Waals surface area contributed by atoms with Gasteiger partial charge in [-0.15, -0.1) is 0 Å². The maximum Gasteiger partial charge on any atom is 0.336 e. The first kappa shape index (κ1) is 26.2. The maximum atomic E-state index is 16.1. The Morgan fingerprint density at radius 1 is 1.19 bits per heavy atom. The van der Waals surface area contributed by atoms with Gasteiger partial charge in [0.25, 0.3) is 0 Å². The lowest BCUT2D eigenvalue weighted by atomic mass is 9.71. The summed E-state index contributed by atoms with van der Waals surface area (Å²) in [6, 6.07) is 13.6. The van der Waals surface area contributed by atoms with Crippen molar-refractivity contribution in [3.05, 3.63) is 92.3 Å². The molecule has 4 aliphatic rings. The highest BCUT2D eigenvalue weighted by atomic mass is 35.5. The van der Waals surface area contributed by atoms with Crippen LogP contribution < -0.4 is 5.32 Å². The number of aryl methyl sites for hydroxylation is 1. The van der Waals surface area contributed by atoms with Crippen LogP contribution in [0.1, 0.15) is 57.5 Å². The van der Waals surface area contributed by atoms with E-state index in [4.69, 9.17) is 28.3 Å². The molecule has 1 saturated carbocycles. The number of halogens is 3. The Morgan fingerprint density at radius 2 is 2.00 bits per heavy atom. The predicted octanol–water partition coefficient (Wildman–Crippen LogP) is 6.40. The average Bonchev–Trinajstić information content (AvgIpc) is 3.54. The first-order valence-electron chi connectivity index (χ1n) is 14.2. The van der Waals surface area contributed by atoms with E-state index in [1.54, 1.807) is 31.2 Å². The molecular formula is C32H27Cl2FN4O3. The monoisotopic (exact) mass is 604 g/mol. The number of nitrogens with one attached hydrogen (secondary N) is 1. The van der Waals surface area contributed by atoms with Crippen LogP contribution in [0.3, 0.4) is 0 Å². The number of aromatic nitrogens is 2. The van der Waals surface area contributed by atoms with Crippen LogP contribution in [0.5, 0.6) is 0 Å². The topological polar surface area (TPSA) is 87.5 Å². The van der Waals surface area contributed by atoms with Crippen molar-refractivity contribution in [2.24, 2.45) is 5.92 Å². The zero-order valence-corrected chi connectivity index (χ0v) is 24.2. The summed E-state index contributed by atoms with van der Waals surface area (Å²) < 4.78 is 18.1. The fourth-order valence-corrected chi connectivity index (χ4v) is 8.22. The van der Waals surface area contributed by atoms with Crippen LogP contribution in [0, 0.1) is 18.7 Å². The van der Waals surface area contributed by atoms with Crippen molar-refractivity contribution in [2.75, 3.05) is 11.9 Å². The van der Waals surface area contributed by atoms with Crippen molar-refractivity contribution in [1.82, 2.24) is 14.7 Å². The van der Waals surface area contributed by atoms with Crippen LogP contribution >= 0.6 is 23.2 Å². The standard InChI is InChI=1S/C32H27Cl2FN4O3/c1-15-9-21-24(11-20(15)30(40)41)37-39-25(21)12-26-29(39)27(19-3-2-4-22(34)28(19)35)32(38(26)14-16-5-6-16)13-17-7-8-18(33)10-23(17)36-31(32)42/h2-4,7-11,16,26-27,29H,5-6,12-14H2,1H3,(H,36,42)(H,40,41)/t26-,27-,29+,32+/m0/s1. The lowest BCUT2D eigenvalue weighted by Crippen LogP contribution is -2.61. The molecule has 42 heavy (non-hydrogen) atoms. The van der Waals surface area contributed by atoms with Gasteiger partial charge in [0.15, 0.2) is 0 Å². The molecule has 1 saturated heterocycles. The van der Waals surface area contributed by atoms with E-state index in [-0.39, 0.29) is 28.6 Å². The number of rotatable bonds is 4. The van der Waals surface area contributed by atoms with E-state index in [9.17, 15) is 14.7 Å². The van der Waals surface area contributed by atoms with E-state index in [2.05, 4.69) is 10.2 Å². The van der Waals surface area contributed by atoms with Crippen molar-refractivity contribution in [3.8, 4) is 0 Å². The van der Waals surface area contributed by atoms with E-state index in [0.29, 0.717) is 46.1 Å². The quantitative estimate of drug-likeness (QED) is 0.281. The Labute approximate surface area is 251 Å². The third-order valence-corrected chi connectivity index (χ3v) is 10.4. The third-order valence-electron chi connectivity index (χ3n) is 9.87. The molecule has 4 heterocycles. The van der Waals surface area contributed by atoms with Crippen molar-refractivity contribution in [3.63, 3.8) is 0 Å². The van der Waals surface area contributed by atoms with Crippen LogP contribution in [0.15, 0.2) is 48.5 Å². The molecule has 1 aliphatic carbocycles. The number of carbonyl (C=O) groups excluding carboxylic acids is 1. The number of amides is 1. The molecule has 2 fully saturated rings. The van der Waals surface area contributed by atoms with E-state index >= 15 is 4.39 Å². The fraction of sp³-hybridized carbons (Fsp3) is 0.344. The Kier molecular flexibility index (Phi) is 5.62. The smallest absolute Gasteiger partial charge is 0.336 e. The van der Waals surface area contributed by atoms with Gasteiger partial charge in [-0.05, 0) is 72.7 Å². The molecule has 3 aromatic carbocycles. The average molecular weight is 605 g/mol. The summed E-state index contributed by atoms with van der Waals surface area (Å²) in [6.45, 7) is 2.51. The van der Waals surface area contributed by atoms with E-state index in [1.807, 2.05) is 22.9 Å². The van der Waals surface area contributed by atoms with Gasteiger partial charge in [-0.1, -0.05) is 41.4 Å². The molecule has 1 spiro atoms. The number of carboxylic acids is 1. The number of carbonyl (C=O) groups is 2. The van der Waals surface area contributed by atoms with Crippen LogP contribution in [-0.4, -0.2) is 49.8 Å². The normalized spacial score (nSPS) is 26.4. The summed E-state index contributed by atoms with van der Waals surface area (Å²) in [6.07, 6.45) is 3.19. The van der Waals surface area contributed by atoms with Gasteiger partial charge in [0, 0.05) is 53.1 Å². The van der Waals surface area contributed by atoms with Crippen LogP contribution in [0.2, 0.25) is 10.0 Å². The van der Waals surface area contributed by atoms with E-state index < -0.39 is 23.2 Å². The number of fused-ring (bicyclic) bond motifs is 6. The third kappa shape index (κ3) is 3.58. The molecule has 4 atom stereocenters. The van der Waals surface area contributed by atoms with Gasteiger partial charge in [0.2, 0.25) is 5.91 Å². The van der Waals surface area contributed by atoms with Gasteiger partial charge in [-0.25, -0.2) is 9.18 Å². The fourth-order valence-electron chi connectivity index (χ4n) is 7.87. The van der Waals surface area contributed by atoms with Gasteiger partial charge in [0.05, 0.1) is 22.1 Å². The Morgan fingerprint density at radius 3 is 2.76 bits per heavy atom. The minimum absolute atomic E-state index is 0.00816. The highest BCUT2D eigenvalue weighted by Crippen LogP contribution is 2.60. The number of hydrogen-bond donors (Lipinski definition) is 2. The van der Waals surface area contributed by atoms with Gasteiger partial charge in [-0.2, -0.15) is 5.10 Å². The summed E-state index contributed by atoms with van der Waals surface area (Å²) in [5.74, 6) is -1.86. The Balaban J connectivity index is 1.38. The summed E-state index contributed by atoms with van der Waals surface area (Å²) in [7, 11) is 0. The predicted molar refractivity (Wildman–Crippen MR) is 158 cm³/mol. The van der Waals surface area contributed by atoms with Gasteiger partial charge >= 0.3 is 5.97 Å². The maximum absolute atomic E-state index is 16.1. The lowest BCUT2D eigenvalue weighted by molar-refractivity contribution is -0.129. The first-order chi connectivity index (χ1) is 20.2. The molecule has 0 unspecified atom stereocenters. The summed E-state index contributed by atoms with van der Waals surface area (Å²) >= 11 is 12.7. The number of carboxylic acid groups (broad SMARTS) is 1. The second-order valence-corrected chi connectivity index (χ2v) is 13.1. The van der Waals surface area contributed by atoms with Gasteiger partial charge in [-0.3, -0.25) is 14.4 Å². The zero-order valence-electron chi connectivity index (χ0n) is 22.7. The first-order valence-corrected chi connectivity index (χ1v) is 15.0. The van der Waals surface area contributed by atoms with Gasteiger partial charge in [0.1, 0.15) is 11.4 Å². The molecule has 1 aromatic heterocycles. The summed E-state index contributed by atoms with van der Waals surface area (Å²) in [5, 5.41) is 19.3. The second kappa shape index (κ2) is 9.02. The number of hydrogen-bond acceptors (Lipinski definition) is 4. The minimum atomic E-state index is -1.09. The SMILES string of the molecule is Cc1cc2c3n(nc2cc1C(=O)O)[C@@H]1[C@H](C3)N(CC2CC2)[C@]2(Cc3ccc(Cl)cc3NC2=O)[C@H]1c1cccc(Cl)c1F. The molecule has 10 heteroatoms. The number of likely N-dealkylation sites (tertiary alicyclic amines) is 1. The van der Waals surface area contributed by atoms with E-state index in [1.165, 1.54) is 6.07 Å². The molecular weight excluding hydrogens is 578 g/mol. The number of anilines is 1. The van der Waals surface area contributed by atoms with Crippen LogP contribution in [-0.2, 0) is 17.6 Å². The van der Waals surface area contributed by atoms with Gasteiger partial charge < -0.3 is 10.4 Å². The largest absolute Gasteiger partial charge is 0.478 e. The highest BCUT2D eigenvalue weighted by Gasteiger charge is 2.67. The van der Waals surface area contributed by atoms with Crippen molar-refractivity contribution < 1.29 is 19.1 Å². The Bertz CT molecular complexity index is 1850. The highest BCUT2D eigenvalue weighted by molar-refractivity contribution is 6.31. The van der Waals surface area contributed by atoms with Crippen molar-refractivity contribution in [1.29, 1.82) is 0 Å². The Hall–Kier alpha value is -3.46. The molecule has 214 valence electrons. The second-order valence-electron chi connectivity index (χ2n) is 12.2. The minimum Gasteiger partial charge on any atom is -0.478 e. The molecule has 7 nitrogen and oxygen atoms in total. The molecule has 8 rings (SSSR count). The molecule has 4 aromatic rings. The van der Waals surface area contributed by atoms with E-state index in [0.717, 1.165) is 36.0 Å². The van der Waals surface area contributed by atoms with Crippen LogP contribution in [0.25, 0.3) is 10.9 Å². The van der Waals surface area contributed by atoms with Crippen molar-refractivity contribution >= 4 is 51.7 Å². The number of nitrogens with zero attached hydrogens (tertiary/aromatic N) is 3. The summed E-state index contributed by atoms with van der Waals surface area (Å²) in [4.78, 5) is 28.8. The lowest BCUT2D eigenvalue weighted by Gasteiger charge is -2.46. The molecule has 3 aliphatic heterocycles. The van der Waals surface area contributed by atoms with Crippen LogP contribution in [0.4, 0.5) is 10.1 Å². The number of benzene rings is 3. The molecule has 0 bridgehead atoms.